The van der Waals surface area contributed by atoms with Crippen LogP contribution in [-0.2, 0) is 0 Å². The minimum Gasteiger partial charge on any atom is -0.366 e. The van der Waals surface area contributed by atoms with Gasteiger partial charge in [-0.25, -0.2) is 0 Å². The third-order valence-corrected chi connectivity index (χ3v) is 3.53. The van der Waals surface area contributed by atoms with Gasteiger partial charge in [0, 0.05) is 6.54 Å². The number of nitrogens with zero attached hydrogens (tertiary/aromatic N) is 1. The second-order valence-electron chi connectivity index (χ2n) is 5.41. The van der Waals surface area contributed by atoms with Crippen molar-refractivity contribution >= 4 is 0 Å². The predicted octanol–water partition coefficient (Wildman–Crippen LogP) is 2.78. The summed E-state index contributed by atoms with van der Waals surface area (Å²) in [5.74, 6) is 0.576. The normalized spacial score (nSPS) is 15.1. The molecule has 1 unspecified atom stereocenters. The molecular formula is C15H31NO2. The lowest BCUT2D eigenvalue weighted by Gasteiger charge is -2.32. The summed E-state index contributed by atoms with van der Waals surface area (Å²) in [7, 11) is 1.95. The van der Waals surface area contributed by atoms with Crippen LogP contribution in [0.4, 0.5) is 0 Å². The summed E-state index contributed by atoms with van der Waals surface area (Å²) in [6.45, 7) is 11.2. The average molecular weight is 257 g/mol. The minimum absolute atomic E-state index is 0.344. The van der Waals surface area contributed by atoms with E-state index in [1.807, 2.05) is 18.9 Å². The van der Waals surface area contributed by atoms with E-state index in [-0.39, 0.29) is 6.04 Å². The summed E-state index contributed by atoms with van der Waals surface area (Å²) < 4.78 is 0. The molecule has 0 saturated heterocycles. The first-order valence-corrected chi connectivity index (χ1v) is 7.18. The molecule has 0 radical (unpaired) electrons. The highest BCUT2D eigenvalue weighted by molar-refractivity contribution is 5.06. The van der Waals surface area contributed by atoms with Crippen molar-refractivity contribution in [3.8, 4) is 0 Å². The number of aliphatic hydroxyl groups is 2. The highest BCUT2D eigenvalue weighted by Gasteiger charge is 2.24. The van der Waals surface area contributed by atoms with Crippen molar-refractivity contribution in [1.82, 2.24) is 4.90 Å². The number of unbranched alkanes of at least 4 members (excludes halogenated alkanes) is 2. The zero-order valence-electron chi connectivity index (χ0n) is 12.5. The van der Waals surface area contributed by atoms with Crippen LogP contribution in [0, 0.1) is 5.92 Å². The summed E-state index contributed by atoms with van der Waals surface area (Å²) in [4.78, 5) is 2.02. The van der Waals surface area contributed by atoms with E-state index in [0.717, 1.165) is 18.5 Å². The van der Waals surface area contributed by atoms with Gasteiger partial charge < -0.3 is 10.2 Å². The van der Waals surface area contributed by atoms with Crippen LogP contribution in [0.15, 0.2) is 12.2 Å². The lowest BCUT2D eigenvalue weighted by molar-refractivity contribution is -0.0866. The highest BCUT2D eigenvalue weighted by Crippen LogP contribution is 2.17. The fraction of sp³-hybridized carbons (Fsp3) is 0.867. The molecule has 0 aromatic carbocycles. The molecule has 18 heavy (non-hydrogen) atoms. The van der Waals surface area contributed by atoms with Gasteiger partial charge in [-0.1, -0.05) is 52.2 Å². The quantitative estimate of drug-likeness (QED) is 0.359. The van der Waals surface area contributed by atoms with Crippen molar-refractivity contribution in [2.45, 2.75) is 65.2 Å². The molecule has 0 saturated carbocycles. The Morgan fingerprint density at radius 2 is 1.83 bits per heavy atom. The Morgan fingerprint density at radius 3 is 2.28 bits per heavy atom. The molecule has 0 aliphatic heterocycles. The lowest BCUT2D eigenvalue weighted by atomic mass is 9.99. The van der Waals surface area contributed by atoms with Gasteiger partial charge in [0.15, 0.2) is 6.29 Å². The smallest absolute Gasteiger partial charge is 0.171 e. The topological polar surface area (TPSA) is 43.7 Å². The number of rotatable bonds is 10. The zero-order chi connectivity index (χ0) is 14.1. The molecule has 2 N–H and O–H groups in total. The monoisotopic (exact) mass is 257 g/mol. The van der Waals surface area contributed by atoms with E-state index in [9.17, 15) is 10.2 Å². The van der Waals surface area contributed by atoms with Crippen LogP contribution in [0.5, 0.6) is 0 Å². The van der Waals surface area contributed by atoms with E-state index < -0.39 is 6.29 Å². The predicted molar refractivity (Wildman–Crippen MR) is 77.4 cm³/mol. The lowest BCUT2D eigenvalue weighted by Crippen LogP contribution is -2.44. The molecule has 0 amide bonds. The summed E-state index contributed by atoms with van der Waals surface area (Å²) in [6, 6.07) is -0.344. The molecule has 3 heteroatoms. The second kappa shape index (κ2) is 9.54. The molecule has 0 bridgehead atoms. The number of hydrogen-bond donors (Lipinski definition) is 2. The largest absolute Gasteiger partial charge is 0.366 e. The van der Waals surface area contributed by atoms with Crippen LogP contribution < -0.4 is 0 Å². The van der Waals surface area contributed by atoms with E-state index in [1.165, 1.54) is 25.7 Å². The average Bonchev–Trinajstić information content (AvgIpc) is 2.28. The van der Waals surface area contributed by atoms with Crippen molar-refractivity contribution < 1.29 is 10.2 Å². The minimum atomic E-state index is -1.34. The van der Waals surface area contributed by atoms with Gasteiger partial charge in [-0.2, -0.15) is 0 Å². The first-order valence-electron chi connectivity index (χ1n) is 7.18. The molecule has 0 aliphatic rings. The van der Waals surface area contributed by atoms with Crippen LogP contribution in [0.3, 0.4) is 0 Å². The molecule has 0 spiro atoms. The maximum Gasteiger partial charge on any atom is 0.171 e. The SMILES string of the molecule is C=C(CC)[C@@H](C(O)O)N(C)CC(C)CCCCC. The molecule has 0 aromatic heterocycles. The Bertz CT molecular complexity index is 229. The third kappa shape index (κ3) is 6.53. The Labute approximate surface area is 113 Å². The Morgan fingerprint density at radius 1 is 1.22 bits per heavy atom. The summed E-state index contributed by atoms with van der Waals surface area (Å²) in [6.07, 6.45) is 4.41. The van der Waals surface area contributed by atoms with Gasteiger partial charge in [0.1, 0.15) is 0 Å². The van der Waals surface area contributed by atoms with Gasteiger partial charge in [0.05, 0.1) is 6.04 Å². The highest BCUT2D eigenvalue weighted by atomic mass is 16.5. The van der Waals surface area contributed by atoms with E-state index in [0.29, 0.717) is 5.92 Å². The maximum atomic E-state index is 9.46. The van der Waals surface area contributed by atoms with E-state index >= 15 is 0 Å². The number of hydrogen-bond acceptors (Lipinski definition) is 3. The van der Waals surface area contributed by atoms with E-state index in [1.54, 1.807) is 0 Å². The molecule has 3 nitrogen and oxygen atoms in total. The molecule has 0 aromatic rings. The van der Waals surface area contributed by atoms with E-state index in [4.69, 9.17) is 0 Å². The van der Waals surface area contributed by atoms with Gasteiger partial charge in [0.2, 0.25) is 0 Å². The van der Waals surface area contributed by atoms with Crippen molar-refractivity contribution in [2.24, 2.45) is 5.92 Å². The fourth-order valence-corrected chi connectivity index (χ4v) is 2.40. The molecule has 0 rings (SSSR count). The van der Waals surface area contributed by atoms with Crippen LogP contribution in [-0.4, -0.2) is 41.0 Å². The standard InChI is InChI=1S/C15H31NO2/c1-6-8-9-10-12(3)11-16(5)14(15(17)18)13(4)7-2/h12,14-15,17-18H,4,6-11H2,1-3,5H3/t12?,14-/m0/s1. The van der Waals surface area contributed by atoms with Gasteiger partial charge >= 0.3 is 0 Å². The van der Waals surface area contributed by atoms with Crippen molar-refractivity contribution in [2.75, 3.05) is 13.6 Å². The summed E-state index contributed by atoms with van der Waals surface area (Å²) >= 11 is 0. The van der Waals surface area contributed by atoms with Crippen molar-refractivity contribution in [3.05, 3.63) is 12.2 Å². The Kier molecular flexibility index (Phi) is 9.34. The summed E-state index contributed by atoms with van der Waals surface area (Å²) in [5.41, 5.74) is 0.883. The van der Waals surface area contributed by atoms with Crippen LogP contribution in [0.1, 0.15) is 52.9 Å². The van der Waals surface area contributed by atoms with Gasteiger partial charge in [-0.05, 0) is 25.8 Å². The maximum absolute atomic E-state index is 9.46. The molecule has 0 fully saturated rings. The van der Waals surface area contributed by atoms with Crippen molar-refractivity contribution in [1.29, 1.82) is 0 Å². The van der Waals surface area contributed by atoms with Crippen LogP contribution >= 0.6 is 0 Å². The molecule has 2 atom stereocenters. The fourth-order valence-electron chi connectivity index (χ4n) is 2.40. The van der Waals surface area contributed by atoms with Gasteiger partial charge in [-0.3, -0.25) is 4.90 Å². The van der Waals surface area contributed by atoms with E-state index in [2.05, 4.69) is 20.4 Å². The molecule has 0 aliphatic carbocycles. The molecule has 0 heterocycles. The molecule has 108 valence electrons. The van der Waals surface area contributed by atoms with Crippen molar-refractivity contribution in [3.63, 3.8) is 0 Å². The van der Waals surface area contributed by atoms with Gasteiger partial charge in [0.25, 0.3) is 0 Å². The third-order valence-electron chi connectivity index (χ3n) is 3.53. The van der Waals surface area contributed by atoms with Gasteiger partial charge in [-0.15, -0.1) is 0 Å². The van der Waals surface area contributed by atoms with Crippen LogP contribution in [0.25, 0.3) is 0 Å². The first-order chi connectivity index (χ1) is 8.43. The second-order valence-corrected chi connectivity index (χ2v) is 5.41. The number of likely N-dealkylation sites (N-methyl/N-ethyl adjacent to an activating group) is 1. The Hall–Kier alpha value is -0.380. The summed E-state index contributed by atoms with van der Waals surface area (Å²) in [5, 5.41) is 18.9. The Balaban J connectivity index is 4.24. The first kappa shape index (κ1) is 17.6. The molecular weight excluding hydrogens is 226 g/mol. The number of aliphatic hydroxyl groups excluding tert-OH is 1. The van der Waals surface area contributed by atoms with Crippen LogP contribution in [0.2, 0.25) is 0 Å². The zero-order valence-corrected chi connectivity index (χ0v) is 12.5.